The first-order valence-corrected chi connectivity index (χ1v) is 10.3. The van der Waals surface area contributed by atoms with Crippen LogP contribution >= 0.6 is 0 Å². The molecule has 0 aromatic heterocycles. The molecule has 0 aliphatic heterocycles. The zero-order valence-electron chi connectivity index (χ0n) is 16.1. The SMILES string of the molecule is CCON=C(CC)C1=C([O-])CC(c2ccc(NS(C)(=O)=O)cc2)CC1=O.[Na+]. The Bertz CT molecular complexity index is 832. The first-order valence-electron chi connectivity index (χ1n) is 8.45. The molecule has 0 spiro atoms. The number of nitrogens with one attached hydrogen (secondary N) is 1. The minimum atomic E-state index is -3.35. The Kier molecular flexibility index (Phi) is 9.01. The molecule has 2 rings (SSSR count). The zero-order valence-corrected chi connectivity index (χ0v) is 18.9. The van der Waals surface area contributed by atoms with E-state index in [1.54, 1.807) is 31.2 Å². The number of carbonyl (C=O) groups is 1. The number of rotatable bonds is 7. The third-order valence-corrected chi connectivity index (χ3v) is 4.64. The van der Waals surface area contributed by atoms with Crippen molar-refractivity contribution in [2.75, 3.05) is 17.6 Å². The molecule has 0 heterocycles. The summed E-state index contributed by atoms with van der Waals surface area (Å²) in [7, 11) is -3.35. The van der Waals surface area contributed by atoms with Crippen LogP contribution in [-0.4, -0.2) is 32.8 Å². The maximum absolute atomic E-state index is 12.5. The number of allylic oxidation sites excluding steroid dienone is 2. The smallest absolute Gasteiger partial charge is 0.875 e. The van der Waals surface area contributed by atoms with E-state index in [2.05, 4.69) is 9.88 Å². The van der Waals surface area contributed by atoms with Crippen LogP contribution in [0.1, 0.15) is 44.6 Å². The Morgan fingerprint density at radius 1 is 1.26 bits per heavy atom. The van der Waals surface area contributed by atoms with Crippen LogP contribution in [0.25, 0.3) is 0 Å². The normalized spacial score (nSPS) is 18.1. The monoisotopic (exact) mass is 402 g/mol. The summed E-state index contributed by atoms with van der Waals surface area (Å²) in [6, 6.07) is 6.72. The van der Waals surface area contributed by atoms with Crippen LogP contribution in [-0.2, 0) is 19.7 Å². The van der Waals surface area contributed by atoms with E-state index in [-0.39, 0.29) is 65.4 Å². The number of nitrogens with zero attached hydrogens (tertiary/aromatic N) is 1. The van der Waals surface area contributed by atoms with Crippen LogP contribution in [0.3, 0.4) is 0 Å². The second kappa shape index (κ2) is 10.3. The molecule has 1 unspecified atom stereocenters. The second-order valence-electron chi connectivity index (χ2n) is 6.13. The van der Waals surface area contributed by atoms with E-state index in [0.29, 0.717) is 24.4 Å². The van der Waals surface area contributed by atoms with Gasteiger partial charge in [0, 0.05) is 17.7 Å². The molecule has 0 bridgehead atoms. The molecule has 9 heteroatoms. The van der Waals surface area contributed by atoms with Crippen LogP contribution in [0.5, 0.6) is 0 Å². The fourth-order valence-corrected chi connectivity index (χ4v) is 3.47. The van der Waals surface area contributed by atoms with Gasteiger partial charge in [0.25, 0.3) is 0 Å². The van der Waals surface area contributed by atoms with Crippen molar-refractivity contribution < 1.29 is 52.7 Å². The number of hydrogen-bond donors (Lipinski definition) is 1. The third kappa shape index (κ3) is 6.64. The maximum Gasteiger partial charge on any atom is 1.00 e. The van der Waals surface area contributed by atoms with Gasteiger partial charge in [0.15, 0.2) is 5.78 Å². The molecule has 0 amide bonds. The summed E-state index contributed by atoms with van der Waals surface area (Å²) in [4.78, 5) is 17.5. The van der Waals surface area contributed by atoms with Crippen molar-refractivity contribution in [1.29, 1.82) is 0 Å². The minimum Gasteiger partial charge on any atom is -0.875 e. The van der Waals surface area contributed by atoms with E-state index in [0.717, 1.165) is 11.8 Å². The molecular weight excluding hydrogens is 379 g/mol. The molecule has 1 aliphatic carbocycles. The molecule has 0 saturated carbocycles. The first kappa shape index (κ1) is 23.7. The molecule has 1 aromatic carbocycles. The van der Waals surface area contributed by atoms with Crippen LogP contribution in [0, 0.1) is 0 Å². The number of oxime groups is 1. The van der Waals surface area contributed by atoms with Gasteiger partial charge < -0.3 is 9.94 Å². The van der Waals surface area contributed by atoms with Crippen molar-refractivity contribution in [3.8, 4) is 0 Å². The fourth-order valence-electron chi connectivity index (χ4n) is 2.90. The summed E-state index contributed by atoms with van der Waals surface area (Å²) >= 11 is 0. The van der Waals surface area contributed by atoms with E-state index in [4.69, 9.17) is 4.84 Å². The molecule has 1 atom stereocenters. The Balaban J connectivity index is 0.00000364. The number of Topliss-reactive ketones (excluding diaryl/α,β-unsaturated/α-hetero) is 1. The van der Waals surface area contributed by atoms with Crippen LogP contribution in [0.4, 0.5) is 5.69 Å². The molecule has 1 aromatic rings. The van der Waals surface area contributed by atoms with Gasteiger partial charge in [-0.15, -0.1) is 5.76 Å². The number of carbonyl (C=O) groups excluding carboxylic acids is 1. The standard InChI is InChI=1S/C18H24N2O5S.Na/c1-4-15(19-25-5-2)18-16(21)10-13(11-17(18)22)12-6-8-14(9-7-12)20-26(3,23)24;/h6-9,13,20-21H,4-5,10-11H2,1-3H3;/q;+1/p-1. The number of ketones is 1. The Hall–Kier alpha value is -1.35. The van der Waals surface area contributed by atoms with Crippen molar-refractivity contribution in [1.82, 2.24) is 0 Å². The van der Waals surface area contributed by atoms with Crippen molar-refractivity contribution >= 4 is 27.2 Å². The van der Waals surface area contributed by atoms with E-state index in [1.807, 2.05) is 6.92 Å². The Morgan fingerprint density at radius 3 is 2.37 bits per heavy atom. The Morgan fingerprint density at radius 2 is 1.89 bits per heavy atom. The third-order valence-electron chi connectivity index (χ3n) is 4.03. The van der Waals surface area contributed by atoms with Crippen LogP contribution in [0.15, 0.2) is 40.8 Å². The van der Waals surface area contributed by atoms with Gasteiger partial charge >= 0.3 is 29.6 Å². The molecule has 0 fully saturated rings. The Labute approximate surface area is 182 Å². The van der Waals surface area contributed by atoms with Crippen molar-refractivity contribution in [2.45, 2.75) is 39.0 Å². The van der Waals surface area contributed by atoms with E-state index in [9.17, 15) is 18.3 Å². The summed E-state index contributed by atoms with van der Waals surface area (Å²) in [6.07, 6.45) is 1.95. The largest absolute Gasteiger partial charge is 1.00 e. The summed E-state index contributed by atoms with van der Waals surface area (Å²) in [5, 5.41) is 16.4. The van der Waals surface area contributed by atoms with Crippen LogP contribution < -0.4 is 39.4 Å². The molecule has 1 N–H and O–H groups in total. The molecular formula is C18H23N2NaO5S. The molecule has 0 saturated heterocycles. The van der Waals surface area contributed by atoms with Crippen molar-refractivity contribution in [3.63, 3.8) is 0 Å². The van der Waals surface area contributed by atoms with Gasteiger partial charge in [0.05, 0.1) is 12.0 Å². The molecule has 7 nitrogen and oxygen atoms in total. The number of anilines is 1. The van der Waals surface area contributed by atoms with E-state index < -0.39 is 10.0 Å². The van der Waals surface area contributed by atoms with Crippen LogP contribution in [0.2, 0.25) is 0 Å². The fraction of sp³-hybridized carbons (Fsp3) is 0.444. The van der Waals surface area contributed by atoms with Gasteiger partial charge in [-0.05, 0) is 43.4 Å². The molecule has 1 aliphatic rings. The van der Waals surface area contributed by atoms with Gasteiger partial charge in [-0.3, -0.25) is 9.52 Å². The quantitative estimate of drug-likeness (QED) is 0.355. The number of sulfonamides is 1. The topological polar surface area (TPSA) is 108 Å². The summed E-state index contributed by atoms with van der Waals surface area (Å²) in [5.74, 6) is -0.689. The summed E-state index contributed by atoms with van der Waals surface area (Å²) in [6.45, 7) is 3.98. The molecule has 27 heavy (non-hydrogen) atoms. The van der Waals surface area contributed by atoms with Crippen molar-refractivity contribution in [2.24, 2.45) is 5.16 Å². The van der Waals surface area contributed by atoms with Gasteiger partial charge in [0.2, 0.25) is 10.0 Å². The average molecular weight is 402 g/mol. The van der Waals surface area contributed by atoms with E-state index >= 15 is 0 Å². The summed E-state index contributed by atoms with van der Waals surface area (Å²) in [5.41, 5.74) is 1.80. The van der Waals surface area contributed by atoms with Gasteiger partial charge in [-0.1, -0.05) is 24.2 Å². The average Bonchev–Trinajstić information content (AvgIpc) is 2.56. The molecule has 0 radical (unpaired) electrons. The second-order valence-corrected chi connectivity index (χ2v) is 7.88. The van der Waals surface area contributed by atoms with Gasteiger partial charge in [-0.2, -0.15) is 0 Å². The molecule has 142 valence electrons. The zero-order chi connectivity index (χ0) is 19.3. The number of benzene rings is 1. The predicted octanol–water partition coefficient (Wildman–Crippen LogP) is -1.07. The minimum absolute atomic E-state index is 0. The predicted molar refractivity (Wildman–Crippen MR) is 98.3 cm³/mol. The van der Waals surface area contributed by atoms with Crippen molar-refractivity contribution in [3.05, 3.63) is 41.2 Å². The summed E-state index contributed by atoms with van der Waals surface area (Å²) < 4.78 is 24.9. The van der Waals surface area contributed by atoms with Gasteiger partial charge in [-0.25, -0.2) is 8.42 Å². The van der Waals surface area contributed by atoms with E-state index in [1.165, 1.54) is 0 Å². The maximum atomic E-state index is 12.5. The first-order chi connectivity index (χ1) is 12.2. The number of hydrogen-bond acceptors (Lipinski definition) is 6. The van der Waals surface area contributed by atoms with Gasteiger partial charge in [0.1, 0.15) is 6.61 Å².